The molecular weight excluding hydrogens is 358 g/mol. The molecule has 1 unspecified atom stereocenters. The summed E-state index contributed by atoms with van der Waals surface area (Å²) in [5, 5.41) is 7.19. The van der Waals surface area contributed by atoms with Gasteiger partial charge in [0, 0.05) is 58.2 Å². The second kappa shape index (κ2) is 9.71. The molecule has 0 spiro atoms. The maximum absolute atomic E-state index is 12.3. The molecule has 1 aromatic heterocycles. The van der Waals surface area contributed by atoms with Crippen molar-refractivity contribution in [3.05, 3.63) is 22.6 Å². The van der Waals surface area contributed by atoms with E-state index in [9.17, 15) is 14.4 Å². The second-order valence-electron chi connectivity index (χ2n) is 7.71. The maximum atomic E-state index is 12.3. The third-order valence-corrected chi connectivity index (χ3v) is 5.61. The first-order chi connectivity index (χ1) is 13.6. The van der Waals surface area contributed by atoms with E-state index in [1.54, 1.807) is 12.3 Å². The average molecular weight is 390 g/mol. The molecule has 2 aliphatic heterocycles. The van der Waals surface area contributed by atoms with Gasteiger partial charge < -0.3 is 15.1 Å². The molecule has 2 amide bonds. The number of aromatic nitrogens is 2. The summed E-state index contributed by atoms with van der Waals surface area (Å²) in [6, 6.07) is 1.64. The zero-order chi connectivity index (χ0) is 19.9. The molecule has 3 rings (SSSR count). The van der Waals surface area contributed by atoms with Crippen LogP contribution in [-0.2, 0) is 16.1 Å². The smallest absolute Gasteiger partial charge is 0.268 e. The number of hydrogen-bond acceptors (Lipinski definition) is 5. The van der Waals surface area contributed by atoms with Gasteiger partial charge in [0.1, 0.15) is 0 Å². The Bertz CT molecular complexity index is 748. The molecule has 8 nitrogen and oxygen atoms in total. The van der Waals surface area contributed by atoms with E-state index in [4.69, 9.17) is 0 Å². The Morgan fingerprint density at radius 2 is 2.14 bits per heavy atom. The van der Waals surface area contributed by atoms with E-state index in [2.05, 4.69) is 15.3 Å². The fraction of sp³-hybridized carbons (Fsp3) is 0.700. The molecule has 3 heterocycles. The quantitative estimate of drug-likeness (QED) is 0.670. The summed E-state index contributed by atoms with van der Waals surface area (Å²) in [5.41, 5.74) is 0.756. The summed E-state index contributed by atoms with van der Waals surface area (Å²) in [5.74, 6) is 0.580. The number of likely N-dealkylation sites (tertiary alicyclic amines) is 1. The number of nitrogens with zero attached hydrogens (tertiary/aromatic N) is 4. The van der Waals surface area contributed by atoms with E-state index in [1.165, 1.54) is 4.68 Å². The van der Waals surface area contributed by atoms with Crippen LogP contribution in [0.1, 0.15) is 45.4 Å². The molecule has 0 saturated carbocycles. The van der Waals surface area contributed by atoms with Crippen molar-refractivity contribution in [1.82, 2.24) is 20.0 Å². The lowest BCUT2D eigenvalue weighted by Gasteiger charge is -2.34. The van der Waals surface area contributed by atoms with Crippen molar-refractivity contribution in [2.45, 2.75) is 52.0 Å². The van der Waals surface area contributed by atoms with Crippen LogP contribution in [0.4, 0.5) is 5.69 Å². The fourth-order valence-corrected chi connectivity index (χ4v) is 4.07. The van der Waals surface area contributed by atoms with Gasteiger partial charge in [-0.2, -0.15) is 5.10 Å². The molecule has 1 N–H and O–H groups in total. The molecule has 0 aromatic carbocycles. The van der Waals surface area contributed by atoms with Gasteiger partial charge in [0.15, 0.2) is 0 Å². The molecular formula is C20H31N5O3. The minimum absolute atomic E-state index is 0.0686. The van der Waals surface area contributed by atoms with Crippen LogP contribution in [0.15, 0.2) is 17.1 Å². The highest BCUT2D eigenvalue weighted by Crippen LogP contribution is 2.23. The molecule has 2 saturated heterocycles. The first kappa shape index (κ1) is 20.4. The van der Waals surface area contributed by atoms with Gasteiger partial charge in [0.05, 0.1) is 11.9 Å². The Hall–Kier alpha value is -2.38. The highest BCUT2D eigenvalue weighted by atomic mass is 16.2. The van der Waals surface area contributed by atoms with Crippen LogP contribution in [0.5, 0.6) is 0 Å². The van der Waals surface area contributed by atoms with Crippen molar-refractivity contribution >= 4 is 17.5 Å². The van der Waals surface area contributed by atoms with E-state index in [0.717, 1.165) is 57.5 Å². The predicted molar refractivity (Wildman–Crippen MR) is 107 cm³/mol. The molecule has 8 heteroatoms. The van der Waals surface area contributed by atoms with Crippen molar-refractivity contribution in [1.29, 1.82) is 0 Å². The number of aryl methyl sites for hydroxylation is 1. The van der Waals surface area contributed by atoms with Gasteiger partial charge in [-0.15, -0.1) is 0 Å². The fourth-order valence-electron chi connectivity index (χ4n) is 4.07. The predicted octanol–water partition coefficient (Wildman–Crippen LogP) is 0.998. The Morgan fingerprint density at radius 1 is 1.29 bits per heavy atom. The van der Waals surface area contributed by atoms with E-state index >= 15 is 0 Å². The number of amides is 2. The van der Waals surface area contributed by atoms with Crippen LogP contribution in [0.25, 0.3) is 0 Å². The molecule has 154 valence electrons. The van der Waals surface area contributed by atoms with E-state index in [-0.39, 0.29) is 23.3 Å². The summed E-state index contributed by atoms with van der Waals surface area (Å²) in [4.78, 5) is 39.9. The Kier molecular flexibility index (Phi) is 7.06. The van der Waals surface area contributed by atoms with Crippen LogP contribution < -0.4 is 15.8 Å². The number of hydrogen-bond donors (Lipinski definition) is 1. The monoisotopic (exact) mass is 389 g/mol. The SMILES string of the molecule is CCn1ncc(N2CCCC(CC(=O)NCCCN3CCCC3=O)C2)cc1=O. The number of piperidine rings is 1. The summed E-state index contributed by atoms with van der Waals surface area (Å²) in [6.07, 6.45) is 6.68. The Labute approximate surface area is 165 Å². The molecule has 28 heavy (non-hydrogen) atoms. The van der Waals surface area contributed by atoms with E-state index in [1.807, 2.05) is 11.8 Å². The number of nitrogens with one attached hydrogen (secondary N) is 1. The van der Waals surface area contributed by atoms with Crippen LogP contribution in [0, 0.1) is 5.92 Å². The molecule has 0 bridgehead atoms. The van der Waals surface area contributed by atoms with Gasteiger partial charge in [0.25, 0.3) is 5.56 Å². The minimum Gasteiger partial charge on any atom is -0.370 e. The summed E-state index contributed by atoms with van der Waals surface area (Å²) >= 11 is 0. The molecule has 1 atom stereocenters. The number of anilines is 1. The largest absolute Gasteiger partial charge is 0.370 e. The van der Waals surface area contributed by atoms with Crippen molar-refractivity contribution in [3.63, 3.8) is 0 Å². The minimum atomic E-state index is -0.0867. The summed E-state index contributed by atoms with van der Waals surface area (Å²) in [6.45, 7) is 6.31. The van der Waals surface area contributed by atoms with Crippen molar-refractivity contribution in [3.8, 4) is 0 Å². The van der Waals surface area contributed by atoms with Gasteiger partial charge in [-0.3, -0.25) is 14.4 Å². The van der Waals surface area contributed by atoms with Crippen LogP contribution >= 0.6 is 0 Å². The lowest BCUT2D eigenvalue weighted by molar-refractivity contribution is -0.127. The number of carbonyl (C=O) groups is 2. The highest BCUT2D eigenvalue weighted by Gasteiger charge is 2.23. The zero-order valence-electron chi connectivity index (χ0n) is 16.7. The standard InChI is InChI=1S/C20H31N5O3/c1-2-25-20(28)13-17(14-22-25)24-10-3-6-16(15-24)12-18(26)21-8-5-11-23-9-4-7-19(23)27/h13-14,16H,2-12,15H2,1H3,(H,21,26). The number of carbonyl (C=O) groups excluding carboxylic acids is 2. The zero-order valence-corrected chi connectivity index (χ0v) is 16.7. The van der Waals surface area contributed by atoms with Gasteiger partial charge in [-0.25, -0.2) is 4.68 Å². The van der Waals surface area contributed by atoms with Gasteiger partial charge >= 0.3 is 0 Å². The average Bonchev–Trinajstić information content (AvgIpc) is 3.10. The normalized spacial score (nSPS) is 19.9. The molecule has 0 radical (unpaired) electrons. The van der Waals surface area contributed by atoms with Crippen LogP contribution in [-0.4, -0.2) is 59.2 Å². The maximum Gasteiger partial charge on any atom is 0.268 e. The summed E-state index contributed by atoms with van der Waals surface area (Å²) in [7, 11) is 0. The first-order valence-corrected chi connectivity index (χ1v) is 10.4. The Morgan fingerprint density at radius 3 is 2.86 bits per heavy atom. The van der Waals surface area contributed by atoms with E-state index in [0.29, 0.717) is 25.9 Å². The van der Waals surface area contributed by atoms with Gasteiger partial charge in [-0.05, 0) is 38.5 Å². The van der Waals surface area contributed by atoms with Crippen molar-refractivity contribution in [2.24, 2.45) is 5.92 Å². The van der Waals surface area contributed by atoms with Crippen molar-refractivity contribution < 1.29 is 9.59 Å². The van der Waals surface area contributed by atoms with E-state index < -0.39 is 0 Å². The lowest BCUT2D eigenvalue weighted by Crippen LogP contribution is -2.39. The van der Waals surface area contributed by atoms with Crippen LogP contribution in [0.3, 0.4) is 0 Å². The number of rotatable bonds is 8. The Balaban J connectivity index is 1.41. The topological polar surface area (TPSA) is 87.5 Å². The molecule has 0 aliphatic carbocycles. The van der Waals surface area contributed by atoms with Crippen molar-refractivity contribution in [2.75, 3.05) is 37.6 Å². The third-order valence-electron chi connectivity index (χ3n) is 5.61. The molecule has 2 aliphatic rings. The lowest BCUT2D eigenvalue weighted by atomic mass is 9.94. The van der Waals surface area contributed by atoms with Gasteiger partial charge in [0.2, 0.25) is 11.8 Å². The van der Waals surface area contributed by atoms with Crippen LogP contribution in [0.2, 0.25) is 0 Å². The van der Waals surface area contributed by atoms with Gasteiger partial charge in [-0.1, -0.05) is 0 Å². The first-order valence-electron chi connectivity index (χ1n) is 10.4. The third kappa shape index (κ3) is 5.33. The summed E-state index contributed by atoms with van der Waals surface area (Å²) < 4.78 is 1.44. The molecule has 1 aromatic rings. The molecule has 2 fully saturated rings. The second-order valence-corrected chi connectivity index (χ2v) is 7.71. The highest BCUT2D eigenvalue weighted by molar-refractivity contribution is 5.78.